The van der Waals surface area contributed by atoms with Gasteiger partial charge in [-0.25, -0.2) is 9.97 Å². The van der Waals surface area contributed by atoms with Gasteiger partial charge in [0.1, 0.15) is 5.75 Å². The first-order chi connectivity index (χ1) is 15.7. The monoisotopic (exact) mass is 431 g/mol. The molecule has 3 N–H and O–H groups in total. The molecule has 1 atom stereocenters. The molecular formula is C26H33N5O. The van der Waals surface area contributed by atoms with Crippen molar-refractivity contribution >= 4 is 5.95 Å². The molecule has 1 aliphatic heterocycles. The molecule has 32 heavy (non-hydrogen) atoms. The molecule has 4 rings (SSSR count). The van der Waals surface area contributed by atoms with Crippen LogP contribution in [0.25, 0.3) is 11.3 Å². The van der Waals surface area contributed by atoms with Gasteiger partial charge in [-0.1, -0.05) is 37.3 Å². The number of anilines is 1. The van der Waals surface area contributed by atoms with E-state index in [0.717, 1.165) is 56.0 Å². The Labute approximate surface area is 190 Å². The van der Waals surface area contributed by atoms with Gasteiger partial charge in [-0.15, -0.1) is 0 Å². The third-order valence-electron chi connectivity index (χ3n) is 6.01. The molecule has 0 radical (unpaired) electrons. The summed E-state index contributed by atoms with van der Waals surface area (Å²) >= 11 is 0. The van der Waals surface area contributed by atoms with Gasteiger partial charge in [0.25, 0.3) is 0 Å². The fourth-order valence-corrected chi connectivity index (χ4v) is 4.20. The minimum absolute atomic E-state index is 0.289. The number of phenolic OH excluding ortho intramolecular Hbond substituents is 1. The number of rotatable bonds is 10. The maximum absolute atomic E-state index is 9.40. The molecule has 0 aliphatic carbocycles. The van der Waals surface area contributed by atoms with Crippen LogP contribution in [0.2, 0.25) is 0 Å². The predicted molar refractivity (Wildman–Crippen MR) is 130 cm³/mol. The molecule has 0 amide bonds. The van der Waals surface area contributed by atoms with Crippen LogP contribution in [0.1, 0.15) is 30.9 Å². The fraction of sp³-hybridized carbons (Fsp3) is 0.385. The lowest BCUT2D eigenvalue weighted by atomic mass is 10.1. The Balaban J connectivity index is 1.37. The second-order valence-electron chi connectivity index (χ2n) is 8.43. The Bertz CT molecular complexity index is 986. The lowest BCUT2D eigenvalue weighted by molar-refractivity contribution is 0.253. The highest BCUT2D eigenvalue weighted by Crippen LogP contribution is 2.20. The van der Waals surface area contributed by atoms with Gasteiger partial charge in [0.2, 0.25) is 5.95 Å². The van der Waals surface area contributed by atoms with Crippen LogP contribution >= 0.6 is 0 Å². The summed E-state index contributed by atoms with van der Waals surface area (Å²) in [5.41, 5.74) is 4.51. The van der Waals surface area contributed by atoms with Crippen molar-refractivity contribution in [3.63, 3.8) is 0 Å². The summed E-state index contributed by atoms with van der Waals surface area (Å²) in [4.78, 5) is 11.6. The number of hydrogen-bond donors (Lipinski definition) is 3. The Hall–Kier alpha value is -2.96. The van der Waals surface area contributed by atoms with Crippen LogP contribution in [0.4, 0.5) is 5.95 Å². The van der Waals surface area contributed by atoms with Crippen molar-refractivity contribution in [1.82, 2.24) is 20.2 Å². The Morgan fingerprint density at radius 3 is 2.78 bits per heavy atom. The summed E-state index contributed by atoms with van der Waals surface area (Å²) in [7, 11) is 0. The van der Waals surface area contributed by atoms with Gasteiger partial charge in [0.05, 0.1) is 5.69 Å². The molecule has 1 aromatic heterocycles. The molecule has 1 unspecified atom stereocenters. The van der Waals surface area contributed by atoms with Crippen LogP contribution < -0.4 is 10.6 Å². The van der Waals surface area contributed by atoms with E-state index in [1.165, 1.54) is 18.4 Å². The lowest BCUT2D eigenvalue weighted by Gasteiger charge is -2.24. The van der Waals surface area contributed by atoms with Gasteiger partial charge in [-0.2, -0.15) is 0 Å². The zero-order valence-corrected chi connectivity index (χ0v) is 18.8. The minimum Gasteiger partial charge on any atom is -0.508 e. The maximum atomic E-state index is 9.40. The third-order valence-corrected chi connectivity index (χ3v) is 6.01. The molecule has 6 nitrogen and oxygen atoms in total. The minimum atomic E-state index is 0.289. The summed E-state index contributed by atoms with van der Waals surface area (Å²) in [6.45, 7) is 7.21. The van der Waals surface area contributed by atoms with E-state index in [1.807, 2.05) is 24.4 Å². The lowest BCUT2D eigenvalue weighted by Crippen LogP contribution is -2.37. The Morgan fingerprint density at radius 1 is 1.12 bits per heavy atom. The summed E-state index contributed by atoms with van der Waals surface area (Å²) < 4.78 is 0. The van der Waals surface area contributed by atoms with Gasteiger partial charge in [-0.05, 0) is 67.7 Å². The molecule has 3 aromatic rings. The van der Waals surface area contributed by atoms with Crippen molar-refractivity contribution in [2.24, 2.45) is 0 Å². The number of aromatic hydroxyl groups is 1. The summed E-state index contributed by atoms with van der Waals surface area (Å²) in [5.74, 6) is 0.923. The molecule has 0 bridgehead atoms. The van der Waals surface area contributed by atoms with Crippen LogP contribution in [0, 0.1) is 0 Å². The molecule has 0 spiro atoms. The van der Waals surface area contributed by atoms with E-state index in [4.69, 9.17) is 4.98 Å². The Kier molecular flexibility index (Phi) is 7.69. The highest BCUT2D eigenvalue weighted by Gasteiger charge is 2.17. The zero-order valence-electron chi connectivity index (χ0n) is 18.8. The summed E-state index contributed by atoms with van der Waals surface area (Å²) in [6, 6.07) is 18.5. The van der Waals surface area contributed by atoms with Crippen molar-refractivity contribution < 1.29 is 5.11 Å². The largest absolute Gasteiger partial charge is 0.508 e. The molecule has 2 aromatic carbocycles. The smallest absolute Gasteiger partial charge is 0.223 e. The molecule has 1 fully saturated rings. The molecule has 2 heterocycles. The van der Waals surface area contributed by atoms with Crippen LogP contribution in [0.15, 0.2) is 60.8 Å². The maximum Gasteiger partial charge on any atom is 0.223 e. The van der Waals surface area contributed by atoms with Crippen molar-refractivity contribution in [3.8, 4) is 17.0 Å². The zero-order chi connectivity index (χ0) is 22.2. The molecule has 1 aliphatic rings. The van der Waals surface area contributed by atoms with E-state index in [9.17, 15) is 5.11 Å². The van der Waals surface area contributed by atoms with E-state index >= 15 is 0 Å². The summed E-state index contributed by atoms with van der Waals surface area (Å²) in [6.07, 6.45) is 5.21. The molecule has 0 saturated carbocycles. The normalized spacial score (nSPS) is 15.9. The standard InChI is InChI=1S/C26H33N5O/c1-2-31(19-23-7-4-14-27-23)18-21-5-3-6-22(17-21)25-13-16-29-26(30-25)28-15-12-20-8-10-24(32)11-9-20/h3,5-6,8-11,13,16-17,23,27,32H,2,4,7,12,14-15,18-19H2,1H3,(H,28,29,30). The highest BCUT2D eigenvalue weighted by molar-refractivity contribution is 5.60. The van der Waals surface area contributed by atoms with Gasteiger partial charge >= 0.3 is 0 Å². The predicted octanol–water partition coefficient (Wildman–Crippen LogP) is 4.08. The average Bonchev–Trinajstić information content (AvgIpc) is 3.33. The van der Waals surface area contributed by atoms with E-state index < -0.39 is 0 Å². The van der Waals surface area contributed by atoms with E-state index in [-0.39, 0.29) is 5.75 Å². The number of nitrogens with zero attached hydrogens (tertiary/aromatic N) is 3. The molecular weight excluding hydrogens is 398 g/mol. The number of aromatic nitrogens is 2. The van der Waals surface area contributed by atoms with Gasteiger partial charge in [0.15, 0.2) is 0 Å². The third kappa shape index (κ3) is 6.28. The quantitative estimate of drug-likeness (QED) is 0.449. The van der Waals surface area contributed by atoms with Gasteiger partial charge < -0.3 is 15.7 Å². The van der Waals surface area contributed by atoms with Crippen LogP contribution in [0.5, 0.6) is 5.75 Å². The van der Waals surface area contributed by atoms with Crippen LogP contribution in [0.3, 0.4) is 0 Å². The number of nitrogens with one attached hydrogen (secondary N) is 2. The average molecular weight is 432 g/mol. The van der Waals surface area contributed by atoms with Crippen LogP contribution in [-0.4, -0.2) is 52.2 Å². The first-order valence-electron chi connectivity index (χ1n) is 11.6. The van der Waals surface area contributed by atoms with Gasteiger partial charge in [-0.3, -0.25) is 4.90 Å². The molecule has 6 heteroatoms. The number of hydrogen-bond acceptors (Lipinski definition) is 6. The van der Waals surface area contributed by atoms with E-state index in [0.29, 0.717) is 12.0 Å². The van der Waals surface area contributed by atoms with E-state index in [2.05, 4.69) is 51.7 Å². The van der Waals surface area contributed by atoms with Gasteiger partial charge in [0, 0.05) is 37.4 Å². The highest BCUT2D eigenvalue weighted by atomic mass is 16.3. The summed E-state index contributed by atoms with van der Waals surface area (Å²) in [5, 5.41) is 16.3. The van der Waals surface area contributed by atoms with Crippen molar-refractivity contribution in [2.45, 2.75) is 38.8 Å². The Morgan fingerprint density at radius 2 is 2.00 bits per heavy atom. The molecule has 1 saturated heterocycles. The fourth-order valence-electron chi connectivity index (χ4n) is 4.20. The first kappa shape index (κ1) is 22.2. The SMILES string of the molecule is CCN(Cc1cccc(-c2ccnc(NCCc3ccc(O)cc3)n2)c1)CC1CCCN1. The van der Waals surface area contributed by atoms with Crippen molar-refractivity contribution in [1.29, 1.82) is 0 Å². The van der Waals surface area contributed by atoms with Crippen molar-refractivity contribution in [3.05, 3.63) is 71.9 Å². The second kappa shape index (κ2) is 11.1. The number of benzene rings is 2. The number of likely N-dealkylation sites (N-methyl/N-ethyl adjacent to an activating group) is 1. The van der Waals surface area contributed by atoms with Crippen molar-refractivity contribution in [2.75, 3.05) is 31.5 Å². The van der Waals surface area contributed by atoms with E-state index in [1.54, 1.807) is 12.1 Å². The first-order valence-corrected chi connectivity index (χ1v) is 11.6. The topological polar surface area (TPSA) is 73.3 Å². The second-order valence-corrected chi connectivity index (χ2v) is 8.43. The number of phenols is 1. The molecule has 168 valence electrons. The van der Waals surface area contributed by atoms with Crippen LogP contribution in [-0.2, 0) is 13.0 Å².